The van der Waals surface area contributed by atoms with E-state index in [0.717, 1.165) is 0 Å². The summed E-state index contributed by atoms with van der Waals surface area (Å²) in [6, 6.07) is 92.1. The second kappa shape index (κ2) is 23.4. The Morgan fingerprint density at radius 3 is 0.899 bits per heavy atom. The average molecular weight is 973 g/mol. The number of allylic oxidation sites excluding steroid dienone is 1. The minimum atomic E-state index is -0.868. The molecule has 0 N–H and O–H groups in total. The van der Waals surface area contributed by atoms with Gasteiger partial charge >= 0.3 is 0 Å². The Hall–Kier alpha value is -4.86. The third kappa shape index (κ3) is 11.2. The number of hydrogen-bond donors (Lipinski definition) is 0. The molecule has 1 fully saturated rings. The highest BCUT2D eigenvalue weighted by Gasteiger charge is 2.43. The van der Waals surface area contributed by atoms with Crippen molar-refractivity contribution < 1.29 is 0 Å². The van der Waals surface area contributed by atoms with Crippen LogP contribution >= 0.6 is 32.3 Å². The van der Waals surface area contributed by atoms with Gasteiger partial charge in [-0.2, -0.15) is 0 Å². The van der Waals surface area contributed by atoms with Crippen LogP contribution in [0, 0.1) is 23.7 Å². The van der Waals surface area contributed by atoms with Crippen LogP contribution in [0.3, 0.4) is 0 Å². The second-order valence-corrected chi connectivity index (χ2v) is 27.9. The van der Waals surface area contributed by atoms with Crippen molar-refractivity contribution in [1.29, 1.82) is 0 Å². The zero-order valence-corrected chi connectivity index (χ0v) is 43.5. The Morgan fingerprint density at radius 2 is 0.623 bits per heavy atom. The molecule has 69 heavy (non-hydrogen) atoms. The fraction of sp³-hybridized carbons (Fsp3) is 0.206. The predicted molar refractivity (Wildman–Crippen MR) is 305 cm³/mol. The van der Waals surface area contributed by atoms with Gasteiger partial charge in [0.1, 0.15) is 0 Å². The Balaban J connectivity index is 0.970. The summed E-state index contributed by atoms with van der Waals surface area (Å²) in [6.07, 6.45) is 11.5. The topological polar surface area (TPSA) is 6.48 Å². The maximum Gasteiger partial charge on any atom is 0.0392 e. The molecule has 6 atom stereocenters. The van der Waals surface area contributed by atoms with Gasteiger partial charge in [0.2, 0.25) is 0 Å². The van der Waals surface area contributed by atoms with Crippen molar-refractivity contribution in [1.82, 2.24) is 8.88 Å². The molecule has 2 aliphatic rings. The van der Waals surface area contributed by atoms with Crippen LogP contribution in [0.15, 0.2) is 255 Å². The van der Waals surface area contributed by atoms with Crippen molar-refractivity contribution in [3.05, 3.63) is 255 Å². The lowest BCUT2D eigenvalue weighted by atomic mass is 9.73. The number of nitrogens with zero attached hydrogens (tertiary/aromatic N) is 2. The van der Waals surface area contributed by atoms with Crippen molar-refractivity contribution in [2.45, 2.75) is 58.0 Å². The van der Waals surface area contributed by atoms with Gasteiger partial charge in [0, 0.05) is 44.4 Å². The summed E-state index contributed by atoms with van der Waals surface area (Å²) < 4.78 is 6.06. The monoisotopic (exact) mass is 972 g/mol. The molecule has 10 rings (SSSR count). The molecule has 0 saturated heterocycles. The molecule has 2 aliphatic carbocycles. The van der Waals surface area contributed by atoms with E-state index >= 15 is 0 Å². The van der Waals surface area contributed by atoms with Gasteiger partial charge in [-0.3, -0.25) is 0 Å². The lowest BCUT2D eigenvalue weighted by Crippen LogP contribution is -2.44. The van der Waals surface area contributed by atoms with E-state index in [1.165, 1.54) is 74.5 Å². The van der Waals surface area contributed by atoms with Crippen molar-refractivity contribution in [3.8, 4) is 0 Å². The van der Waals surface area contributed by atoms with E-state index < -0.39 is 32.3 Å². The molecule has 0 aliphatic heterocycles. The lowest BCUT2D eigenvalue weighted by Gasteiger charge is -2.49. The molecule has 8 aromatic rings. The third-order valence-corrected chi connectivity index (χ3v) is 25.3. The predicted octanol–water partition coefficient (Wildman–Crippen LogP) is 13.6. The standard InChI is InChI=1S/C63H64N2P4/c1-50-47-52(43-45-62(50)64(66(54-27-11-3-12-28-54)55-29-13-4-14-30-55)67(56-31-15-5-16-32-56)57-33-17-6-18-34-57)49-53-44-46-63(51(2)48-53)65(68(58-35-19-7-20-36-58)59-37-21-8-22-38-59)69(60-39-23-9-24-40-60)61-41-25-10-26-42-61/h3-43,45,50-53,62-63H,44,46-49H2,1-2H3. The first-order valence-electron chi connectivity index (χ1n) is 25.0. The molecular weight excluding hydrogens is 909 g/mol. The molecule has 346 valence electrons. The van der Waals surface area contributed by atoms with E-state index in [-0.39, 0.29) is 6.04 Å². The molecule has 0 amide bonds. The molecule has 0 aromatic heterocycles. The fourth-order valence-electron chi connectivity index (χ4n) is 11.0. The maximum atomic E-state index is 3.07. The van der Waals surface area contributed by atoms with Crippen molar-refractivity contribution in [3.63, 3.8) is 0 Å². The fourth-order valence-corrected chi connectivity index (χ4v) is 24.0. The Kier molecular flexibility index (Phi) is 16.2. The van der Waals surface area contributed by atoms with Crippen LogP contribution in [0.25, 0.3) is 0 Å². The van der Waals surface area contributed by atoms with Gasteiger partial charge in [0.25, 0.3) is 0 Å². The molecule has 8 aromatic carbocycles. The van der Waals surface area contributed by atoms with Gasteiger partial charge in [-0.05, 0) is 98.2 Å². The Labute approximate surface area is 417 Å². The molecule has 6 heteroatoms. The Morgan fingerprint density at radius 1 is 0.333 bits per heavy atom. The van der Waals surface area contributed by atoms with Gasteiger partial charge in [-0.25, -0.2) is 8.88 Å². The summed E-state index contributed by atoms with van der Waals surface area (Å²) in [5, 5.41) is 11.4. The molecule has 0 heterocycles. The van der Waals surface area contributed by atoms with Crippen LogP contribution in [0.4, 0.5) is 0 Å². The maximum absolute atomic E-state index is 3.07. The first-order chi connectivity index (χ1) is 34.1. The summed E-state index contributed by atoms with van der Waals surface area (Å²) in [4.78, 5) is 0. The number of rotatable bonds is 16. The van der Waals surface area contributed by atoms with Gasteiger partial charge in [-0.1, -0.05) is 269 Å². The van der Waals surface area contributed by atoms with E-state index in [1.807, 2.05) is 0 Å². The zero-order chi connectivity index (χ0) is 46.8. The molecule has 0 bridgehead atoms. The van der Waals surface area contributed by atoms with Crippen LogP contribution in [-0.2, 0) is 0 Å². The van der Waals surface area contributed by atoms with Crippen molar-refractivity contribution in [2.24, 2.45) is 23.7 Å². The van der Waals surface area contributed by atoms with Crippen LogP contribution in [0.1, 0.15) is 46.0 Å². The van der Waals surface area contributed by atoms with E-state index in [9.17, 15) is 0 Å². The Bertz CT molecular complexity index is 2460. The van der Waals surface area contributed by atoms with Gasteiger partial charge in [0.15, 0.2) is 0 Å². The minimum absolute atomic E-state index is 0.285. The number of benzene rings is 8. The average Bonchev–Trinajstić information content (AvgIpc) is 3.41. The highest BCUT2D eigenvalue weighted by Crippen LogP contribution is 2.60. The summed E-state index contributed by atoms with van der Waals surface area (Å²) >= 11 is 0. The van der Waals surface area contributed by atoms with Crippen LogP contribution in [-0.4, -0.2) is 21.0 Å². The van der Waals surface area contributed by atoms with Crippen LogP contribution < -0.4 is 42.4 Å². The normalized spacial score (nSPS) is 20.6. The first kappa shape index (κ1) is 47.8. The summed E-state index contributed by atoms with van der Waals surface area (Å²) in [6.45, 7) is 5.15. The molecule has 2 nitrogen and oxygen atoms in total. The van der Waals surface area contributed by atoms with E-state index in [2.05, 4.69) is 278 Å². The molecule has 1 saturated carbocycles. The van der Waals surface area contributed by atoms with Gasteiger partial charge in [0.05, 0.1) is 0 Å². The van der Waals surface area contributed by atoms with Gasteiger partial charge in [-0.15, -0.1) is 0 Å². The first-order valence-corrected chi connectivity index (χ1v) is 30.2. The smallest absolute Gasteiger partial charge is 0.0392 e. The SMILES string of the molecule is CC1CC(CC2CCC(N(P(c3ccccc3)c3ccccc3)P(c3ccccc3)c3ccccc3)C(C)C2)C=CC1N(P(c1ccccc1)c1ccccc1)P(c1ccccc1)c1ccccc1. The van der Waals surface area contributed by atoms with Crippen molar-refractivity contribution >= 4 is 74.7 Å². The summed E-state index contributed by atoms with van der Waals surface area (Å²) in [5.41, 5.74) is 0. The van der Waals surface area contributed by atoms with Crippen LogP contribution in [0.5, 0.6) is 0 Å². The second-order valence-electron chi connectivity index (χ2n) is 18.9. The van der Waals surface area contributed by atoms with Crippen molar-refractivity contribution in [2.75, 3.05) is 0 Å². The highest BCUT2D eigenvalue weighted by atomic mass is 31.2. The highest BCUT2D eigenvalue weighted by molar-refractivity contribution is 7.85. The van der Waals surface area contributed by atoms with E-state index in [1.54, 1.807) is 0 Å². The quantitative estimate of drug-likeness (QED) is 0.0703. The van der Waals surface area contributed by atoms with E-state index in [4.69, 9.17) is 0 Å². The summed E-state index contributed by atoms with van der Waals surface area (Å²) in [5.74, 6) is 2.30. The largest absolute Gasteiger partial charge is 0.241 e. The molecule has 6 unspecified atom stereocenters. The molecule has 0 spiro atoms. The summed E-state index contributed by atoms with van der Waals surface area (Å²) in [7, 11) is -3.39. The van der Waals surface area contributed by atoms with Gasteiger partial charge < -0.3 is 0 Å². The number of hydrogen-bond acceptors (Lipinski definition) is 2. The zero-order valence-electron chi connectivity index (χ0n) is 39.9. The van der Waals surface area contributed by atoms with Crippen LogP contribution in [0.2, 0.25) is 0 Å². The third-order valence-electron chi connectivity index (χ3n) is 14.1. The minimum Gasteiger partial charge on any atom is -0.241 e. The molecule has 0 radical (unpaired) electrons. The lowest BCUT2D eigenvalue weighted by molar-refractivity contribution is 0.176. The van der Waals surface area contributed by atoms with E-state index in [0.29, 0.717) is 29.7 Å². The molecular formula is C63H64N2P4.